The molecule has 382 valence electrons. The van der Waals surface area contributed by atoms with E-state index in [1.807, 2.05) is 0 Å². The highest BCUT2D eigenvalue weighted by Crippen LogP contribution is 2.17. The lowest BCUT2D eigenvalue weighted by Gasteiger charge is -2.18. The summed E-state index contributed by atoms with van der Waals surface area (Å²) in [5.41, 5.74) is 0. The Morgan fingerprint density at radius 2 is 0.554 bits per heavy atom. The highest BCUT2D eigenvalue weighted by molar-refractivity contribution is 5.71. The molecular weight excluding hydrogens is 805 g/mol. The minimum atomic E-state index is -0.770. The fourth-order valence-corrected chi connectivity index (χ4v) is 8.59. The van der Waals surface area contributed by atoms with E-state index in [0.29, 0.717) is 19.3 Å². The highest BCUT2D eigenvalue weighted by Gasteiger charge is 2.19. The maximum absolute atomic E-state index is 12.8. The lowest BCUT2D eigenvalue weighted by Crippen LogP contribution is -2.30. The fourth-order valence-electron chi connectivity index (χ4n) is 8.59. The van der Waals surface area contributed by atoms with Crippen molar-refractivity contribution in [1.29, 1.82) is 0 Å². The molecule has 6 nitrogen and oxygen atoms in total. The molecule has 0 saturated heterocycles. The Bertz CT molecular complexity index is 1050. The van der Waals surface area contributed by atoms with Gasteiger partial charge in [0.2, 0.25) is 0 Å². The standard InChI is InChI=1S/C59H110O6/c1-4-7-10-13-16-19-22-24-26-28-29-30-32-33-35-37-40-43-46-49-52-58(61)64-55-56(54-63-57(60)51-48-45-42-39-21-18-15-12-9-6-3)65-59(62)53-50-47-44-41-38-36-34-31-27-25-23-20-17-14-11-8-5-2/h17,20,25,27,56H,4-16,18-19,21-24,26,28-55H2,1-3H3/b20-17-,27-25-. The maximum Gasteiger partial charge on any atom is 0.306 e. The molecule has 0 aliphatic heterocycles. The molecule has 0 amide bonds. The zero-order valence-corrected chi connectivity index (χ0v) is 43.8. The number of allylic oxidation sites excluding steroid dienone is 4. The van der Waals surface area contributed by atoms with E-state index in [-0.39, 0.29) is 31.1 Å². The largest absolute Gasteiger partial charge is 0.462 e. The molecule has 0 aromatic rings. The maximum atomic E-state index is 12.8. The number of unbranched alkanes of at least 4 members (excludes halogenated alkanes) is 38. The van der Waals surface area contributed by atoms with E-state index in [0.717, 1.165) is 70.6 Å². The van der Waals surface area contributed by atoms with Crippen LogP contribution >= 0.6 is 0 Å². The monoisotopic (exact) mass is 915 g/mol. The Morgan fingerprint density at radius 1 is 0.308 bits per heavy atom. The van der Waals surface area contributed by atoms with Crippen LogP contribution in [0.5, 0.6) is 0 Å². The topological polar surface area (TPSA) is 78.9 Å². The van der Waals surface area contributed by atoms with Gasteiger partial charge in [-0.2, -0.15) is 0 Å². The van der Waals surface area contributed by atoms with E-state index in [2.05, 4.69) is 45.1 Å². The van der Waals surface area contributed by atoms with Crippen LogP contribution in [0.25, 0.3) is 0 Å². The predicted molar refractivity (Wildman–Crippen MR) is 279 cm³/mol. The van der Waals surface area contributed by atoms with Crippen LogP contribution in [0, 0.1) is 0 Å². The van der Waals surface area contributed by atoms with Crippen molar-refractivity contribution in [2.24, 2.45) is 0 Å². The Kier molecular flexibility index (Phi) is 52.7. The van der Waals surface area contributed by atoms with Crippen LogP contribution in [0.2, 0.25) is 0 Å². The van der Waals surface area contributed by atoms with Crippen LogP contribution in [-0.4, -0.2) is 37.2 Å². The molecule has 0 bridgehead atoms. The number of ether oxygens (including phenoxy) is 3. The quantitative estimate of drug-likeness (QED) is 0.0262. The smallest absolute Gasteiger partial charge is 0.306 e. The second-order valence-corrected chi connectivity index (χ2v) is 19.6. The molecule has 0 saturated carbocycles. The molecule has 0 aromatic heterocycles. The first-order valence-corrected chi connectivity index (χ1v) is 28.8. The lowest BCUT2D eigenvalue weighted by molar-refractivity contribution is -0.167. The van der Waals surface area contributed by atoms with Gasteiger partial charge in [0.1, 0.15) is 13.2 Å². The van der Waals surface area contributed by atoms with Gasteiger partial charge < -0.3 is 14.2 Å². The third kappa shape index (κ3) is 52.7. The molecule has 0 rings (SSSR count). The van der Waals surface area contributed by atoms with Crippen LogP contribution in [0.4, 0.5) is 0 Å². The molecule has 0 aliphatic carbocycles. The second kappa shape index (κ2) is 54.5. The van der Waals surface area contributed by atoms with Gasteiger partial charge in [-0.05, 0) is 51.4 Å². The van der Waals surface area contributed by atoms with Crippen LogP contribution < -0.4 is 0 Å². The Labute approximate surface area is 404 Å². The molecule has 6 heteroatoms. The summed E-state index contributed by atoms with van der Waals surface area (Å²) in [5.74, 6) is -0.859. The molecule has 0 N–H and O–H groups in total. The molecule has 0 radical (unpaired) electrons. The summed E-state index contributed by atoms with van der Waals surface area (Å²) in [6.07, 6.45) is 63.1. The van der Waals surface area contributed by atoms with Crippen LogP contribution in [0.3, 0.4) is 0 Å². The summed E-state index contributed by atoms with van der Waals surface area (Å²) in [6, 6.07) is 0. The van der Waals surface area contributed by atoms with Crippen molar-refractivity contribution >= 4 is 17.9 Å². The number of hydrogen-bond donors (Lipinski definition) is 0. The van der Waals surface area contributed by atoms with Crippen molar-refractivity contribution in [2.45, 2.75) is 322 Å². The minimum Gasteiger partial charge on any atom is -0.462 e. The molecule has 1 atom stereocenters. The Balaban J connectivity index is 4.25. The number of rotatable bonds is 53. The average molecular weight is 916 g/mol. The van der Waals surface area contributed by atoms with E-state index < -0.39 is 6.10 Å². The normalized spacial score (nSPS) is 12.1. The summed E-state index contributed by atoms with van der Waals surface area (Å²) < 4.78 is 16.8. The fraction of sp³-hybridized carbons (Fsp3) is 0.881. The first-order valence-electron chi connectivity index (χ1n) is 28.8. The number of hydrogen-bond acceptors (Lipinski definition) is 6. The zero-order valence-electron chi connectivity index (χ0n) is 43.8. The molecule has 65 heavy (non-hydrogen) atoms. The first kappa shape index (κ1) is 62.9. The van der Waals surface area contributed by atoms with Gasteiger partial charge in [-0.15, -0.1) is 0 Å². The highest BCUT2D eigenvalue weighted by atomic mass is 16.6. The van der Waals surface area contributed by atoms with E-state index in [4.69, 9.17) is 14.2 Å². The van der Waals surface area contributed by atoms with Gasteiger partial charge in [0.25, 0.3) is 0 Å². The molecule has 0 aliphatic rings. The molecule has 0 heterocycles. The second-order valence-electron chi connectivity index (χ2n) is 19.6. The summed E-state index contributed by atoms with van der Waals surface area (Å²) in [6.45, 7) is 6.64. The summed E-state index contributed by atoms with van der Waals surface area (Å²) in [4.78, 5) is 38.1. The Hall–Kier alpha value is -2.11. The predicted octanol–water partition coefficient (Wildman–Crippen LogP) is 19.1. The lowest BCUT2D eigenvalue weighted by atomic mass is 10.0. The molecular formula is C59H110O6. The average Bonchev–Trinajstić information content (AvgIpc) is 3.30. The van der Waals surface area contributed by atoms with Gasteiger partial charge in [-0.25, -0.2) is 0 Å². The number of esters is 3. The third-order valence-corrected chi connectivity index (χ3v) is 13.0. The summed E-state index contributed by atoms with van der Waals surface area (Å²) in [5, 5.41) is 0. The van der Waals surface area contributed by atoms with Crippen molar-refractivity contribution < 1.29 is 28.6 Å². The van der Waals surface area contributed by atoms with Gasteiger partial charge in [-0.1, -0.05) is 270 Å². The van der Waals surface area contributed by atoms with Crippen LogP contribution in [0.15, 0.2) is 24.3 Å². The van der Waals surface area contributed by atoms with Crippen molar-refractivity contribution in [3.8, 4) is 0 Å². The van der Waals surface area contributed by atoms with Crippen molar-refractivity contribution in [2.75, 3.05) is 13.2 Å². The molecule has 0 fully saturated rings. The SMILES string of the molecule is CCCCC/C=C\C/C=C\CCCCCCCCCC(=O)OC(COC(=O)CCCCCCCCCCCC)COC(=O)CCCCCCCCCCCCCCCCCCCCCC. The zero-order chi connectivity index (χ0) is 47.2. The first-order chi connectivity index (χ1) is 32.0. The minimum absolute atomic E-state index is 0.0692. The van der Waals surface area contributed by atoms with Gasteiger partial charge in [0, 0.05) is 19.3 Å². The van der Waals surface area contributed by atoms with Gasteiger partial charge in [0.05, 0.1) is 0 Å². The van der Waals surface area contributed by atoms with E-state index >= 15 is 0 Å². The summed E-state index contributed by atoms with van der Waals surface area (Å²) >= 11 is 0. The van der Waals surface area contributed by atoms with E-state index in [9.17, 15) is 14.4 Å². The number of carbonyl (C=O) groups excluding carboxylic acids is 3. The molecule has 0 aromatic carbocycles. The van der Waals surface area contributed by atoms with Gasteiger partial charge in [0.15, 0.2) is 6.10 Å². The van der Waals surface area contributed by atoms with Crippen LogP contribution in [-0.2, 0) is 28.6 Å². The molecule has 0 spiro atoms. The van der Waals surface area contributed by atoms with Crippen molar-refractivity contribution in [3.05, 3.63) is 24.3 Å². The van der Waals surface area contributed by atoms with Crippen LogP contribution in [0.1, 0.15) is 316 Å². The molecule has 1 unspecified atom stereocenters. The number of carbonyl (C=O) groups is 3. The van der Waals surface area contributed by atoms with Crippen molar-refractivity contribution in [1.82, 2.24) is 0 Å². The summed E-state index contributed by atoms with van der Waals surface area (Å²) in [7, 11) is 0. The third-order valence-electron chi connectivity index (χ3n) is 13.0. The van der Waals surface area contributed by atoms with Crippen molar-refractivity contribution in [3.63, 3.8) is 0 Å². The van der Waals surface area contributed by atoms with E-state index in [1.165, 1.54) is 205 Å². The Morgan fingerprint density at radius 3 is 0.877 bits per heavy atom. The van der Waals surface area contributed by atoms with E-state index in [1.54, 1.807) is 0 Å². The van der Waals surface area contributed by atoms with Gasteiger partial charge in [-0.3, -0.25) is 14.4 Å². The van der Waals surface area contributed by atoms with Gasteiger partial charge >= 0.3 is 17.9 Å².